The van der Waals surface area contributed by atoms with Crippen molar-refractivity contribution in [3.63, 3.8) is 0 Å². The Kier molecular flexibility index (Phi) is 12.1. The number of carbonyl (C=O) groups is 2. The minimum atomic E-state index is -2.95. The lowest BCUT2D eigenvalue weighted by molar-refractivity contribution is -0.120. The molecule has 2 atom stereocenters. The number of piperidine rings is 2. The number of fused-ring (bicyclic) bond motifs is 1. The summed E-state index contributed by atoms with van der Waals surface area (Å²) in [6.07, 6.45) is 5.84. The lowest BCUT2D eigenvalue weighted by atomic mass is 9.87. The lowest BCUT2D eigenvalue weighted by Gasteiger charge is -2.37. The van der Waals surface area contributed by atoms with Gasteiger partial charge in [-0.2, -0.15) is 19.1 Å². The van der Waals surface area contributed by atoms with Crippen LogP contribution in [-0.4, -0.2) is 96.5 Å². The molecule has 3 aliphatic rings. The van der Waals surface area contributed by atoms with Gasteiger partial charge in [-0.25, -0.2) is 23.3 Å². The van der Waals surface area contributed by atoms with Gasteiger partial charge in [0, 0.05) is 50.1 Å². The summed E-state index contributed by atoms with van der Waals surface area (Å²) >= 11 is 0. The topological polar surface area (TPSA) is 162 Å². The number of halogens is 2. The molecule has 7 rings (SSSR count). The van der Waals surface area contributed by atoms with Crippen LogP contribution in [-0.2, 0) is 22.8 Å². The van der Waals surface area contributed by atoms with Crippen molar-refractivity contribution in [2.45, 2.75) is 75.5 Å². The number of aryl methyl sites for hydroxylation is 1. The van der Waals surface area contributed by atoms with E-state index in [0.717, 1.165) is 36.8 Å². The molecule has 298 valence electrons. The molecule has 4 aromatic rings. The van der Waals surface area contributed by atoms with Crippen LogP contribution in [0.3, 0.4) is 0 Å². The van der Waals surface area contributed by atoms with E-state index in [1.807, 2.05) is 17.4 Å². The number of aromatic nitrogens is 4. The number of nitriles is 1. The van der Waals surface area contributed by atoms with Crippen LogP contribution in [0.25, 0.3) is 10.9 Å². The zero-order valence-corrected chi connectivity index (χ0v) is 32.8. The Labute approximate surface area is 332 Å². The van der Waals surface area contributed by atoms with E-state index in [1.54, 1.807) is 22.9 Å². The van der Waals surface area contributed by atoms with E-state index < -0.39 is 23.6 Å². The fourth-order valence-corrected chi connectivity index (χ4v) is 8.95. The minimum Gasteiger partial charge on any atom is -0.432 e. The zero-order chi connectivity index (χ0) is 40.2. The van der Waals surface area contributed by atoms with Crippen LogP contribution in [0.4, 0.5) is 25.3 Å². The summed E-state index contributed by atoms with van der Waals surface area (Å²) in [5, 5.41) is 21.0. The van der Waals surface area contributed by atoms with E-state index >= 15 is 0 Å². The van der Waals surface area contributed by atoms with Gasteiger partial charge in [-0.05, 0) is 86.5 Å². The zero-order valence-electron chi connectivity index (χ0n) is 32.0. The number of ether oxygens (including phenoxy) is 1. The fraction of sp³-hybridized carbons (Fsp3) is 0.450. The first kappa shape index (κ1) is 39.7. The number of urea groups is 1. The number of carbonyl (C=O) groups excluding carboxylic acids is 2. The molecule has 0 radical (unpaired) electrons. The average Bonchev–Trinajstić information content (AvgIpc) is 3.53. The van der Waals surface area contributed by atoms with E-state index in [0.29, 0.717) is 66.2 Å². The molecule has 14 nitrogen and oxygen atoms in total. The molecule has 57 heavy (non-hydrogen) atoms. The van der Waals surface area contributed by atoms with Gasteiger partial charge >= 0.3 is 12.6 Å². The number of amides is 3. The van der Waals surface area contributed by atoms with Gasteiger partial charge in [-0.3, -0.25) is 24.6 Å². The molecule has 5 heterocycles. The number of nitrogens with one attached hydrogen (secondary N) is 2. The summed E-state index contributed by atoms with van der Waals surface area (Å²) in [4.78, 5) is 36.8. The number of hydrogen-bond acceptors (Lipinski definition) is 10. The molecule has 3 amide bonds. The first-order valence-electron chi connectivity index (χ1n) is 19.1. The molecule has 2 unspecified atom stereocenters. The smallest absolute Gasteiger partial charge is 0.387 e. The van der Waals surface area contributed by atoms with Crippen LogP contribution in [0.5, 0.6) is 5.75 Å². The molecule has 0 aliphatic carbocycles. The molecule has 2 N–H and O–H groups in total. The molecule has 0 bridgehead atoms. The predicted molar refractivity (Wildman–Crippen MR) is 210 cm³/mol. The molecule has 0 saturated carbocycles. The van der Waals surface area contributed by atoms with Crippen LogP contribution in [0.1, 0.15) is 68.6 Å². The Balaban J connectivity index is 0.973. The number of imide groups is 1. The number of nitrogens with zero attached hydrogens (tertiary/aromatic N) is 8. The van der Waals surface area contributed by atoms with E-state index in [2.05, 4.69) is 79.2 Å². The number of anilines is 2. The Bertz CT molecular complexity index is 2250. The van der Waals surface area contributed by atoms with Crippen molar-refractivity contribution in [1.82, 2.24) is 34.3 Å². The van der Waals surface area contributed by atoms with Crippen molar-refractivity contribution in [3.05, 3.63) is 65.5 Å². The van der Waals surface area contributed by atoms with Gasteiger partial charge in [-0.1, -0.05) is 31.8 Å². The highest BCUT2D eigenvalue weighted by atomic mass is 32.2. The highest BCUT2D eigenvalue weighted by Crippen LogP contribution is 2.34. The van der Waals surface area contributed by atoms with Gasteiger partial charge in [0.2, 0.25) is 11.9 Å². The van der Waals surface area contributed by atoms with Gasteiger partial charge in [0.15, 0.2) is 11.6 Å². The van der Waals surface area contributed by atoms with E-state index in [-0.39, 0.29) is 36.1 Å². The maximum Gasteiger partial charge on any atom is 0.387 e. The Morgan fingerprint density at radius 2 is 1.72 bits per heavy atom. The SMILES string of the molecule is CC(C)C(C#Cc1cc(S(=O)N2CCC(Nc3ncc(OC(F)F)cn3)CC2)ccc1C#N)N1CCC(c2ccc3c(N4CCC(=O)NC4=O)nn(C)c3c2)CC1. The second-order valence-corrected chi connectivity index (χ2v) is 16.3. The van der Waals surface area contributed by atoms with E-state index in [9.17, 15) is 27.8 Å². The first-order valence-corrected chi connectivity index (χ1v) is 20.2. The van der Waals surface area contributed by atoms with Crippen molar-refractivity contribution < 1.29 is 27.3 Å². The summed E-state index contributed by atoms with van der Waals surface area (Å²) in [5.41, 5.74) is 3.13. The van der Waals surface area contributed by atoms with Gasteiger partial charge in [0.1, 0.15) is 17.1 Å². The third-order valence-electron chi connectivity index (χ3n) is 10.7. The van der Waals surface area contributed by atoms with Crippen molar-refractivity contribution in [1.29, 1.82) is 5.26 Å². The summed E-state index contributed by atoms with van der Waals surface area (Å²) < 4.78 is 46.6. The molecular weight excluding hydrogens is 755 g/mol. The summed E-state index contributed by atoms with van der Waals surface area (Å²) in [5.74, 6) is 7.79. The van der Waals surface area contributed by atoms with Crippen LogP contribution < -0.4 is 20.3 Å². The van der Waals surface area contributed by atoms with Crippen molar-refractivity contribution in [3.8, 4) is 23.7 Å². The number of hydrogen-bond donors (Lipinski definition) is 2. The minimum absolute atomic E-state index is 0.0173. The molecule has 2 aromatic heterocycles. The van der Waals surface area contributed by atoms with Crippen LogP contribution in [0.15, 0.2) is 53.7 Å². The molecule has 3 aliphatic heterocycles. The summed E-state index contributed by atoms with van der Waals surface area (Å²) in [7, 11) is 0.402. The Hall–Kier alpha value is -5.49. The number of alkyl halides is 2. The fourth-order valence-electron chi connectivity index (χ4n) is 7.70. The lowest BCUT2D eigenvalue weighted by Crippen LogP contribution is -2.49. The predicted octanol–water partition coefficient (Wildman–Crippen LogP) is 5.14. The third-order valence-corrected chi connectivity index (χ3v) is 12.2. The number of likely N-dealkylation sites (tertiary alicyclic amines) is 1. The van der Waals surface area contributed by atoms with Gasteiger partial charge in [0.25, 0.3) is 0 Å². The monoisotopic (exact) mass is 798 g/mol. The maximum atomic E-state index is 13.7. The van der Waals surface area contributed by atoms with Crippen molar-refractivity contribution in [2.75, 3.05) is 42.9 Å². The maximum absolute atomic E-state index is 13.7. The van der Waals surface area contributed by atoms with Gasteiger partial charge in [-0.15, -0.1) is 0 Å². The highest BCUT2D eigenvalue weighted by molar-refractivity contribution is 7.82. The summed E-state index contributed by atoms with van der Waals surface area (Å²) in [6.45, 7) is 4.43. The molecule has 0 spiro atoms. The normalized spacial score (nSPS) is 18.6. The van der Waals surface area contributed by atoms with Crippen LogP contribution in [0, 0.1) is 29.1 Å². The molecular formula is C40H44F2N10O4S. The third kappa shape index (κ3) is 9.06. The molecule has 2 aromatic carbocycles. The molecule has 3 saturated heterocycles. The van der Waals surface area contributed by atoms with E-state index in [1.165, 1.54) is 22.9 Å². The largest absolute Gasteiger partial charge is 0.432 e. The van der Waals surface area contributed by atoms with Crippen molar-refractivity contribution in [2.24, 2.45) is 13.0 Å². The Morgan fingerprint density at radius 3 is 2.39 bits per heavy atom. The van der Waals surface area contributed by atoms with Crippen LogP contribution >= 0.6 is 0 Å². The first-order chi connectivity index (χ1) is 27.5. The van der Waals surface area contributed by atoms with Gasteiger partial charge < -0.3 is 10.1 Å². The van der Waals surface area contributed by atoms with Crippen LogP contribution in [0.2, 0.25) is 0 Å². The quantitative estimate of drug-likeness (QED) is 0.206. The molecule has 3 fully saturated rings. The average molecular weight is 799 g/mol. The number of benzene rings is 2. The van der Waals surface area contributed by atoms with E-state index in [4.69, 9.17) is 0 Å². The standard InChI is InChI=1S/C40H44F2N10O4S/c1-25(2)34(50-15-10-26(11-16-50)28-5-8-33-35(21-28)49(3)48-37(33)52-19-14-36(53)47-40(52)54)9-6-27-20-32(7-4-29(27)22-43)57(55)51-17-12-30(13-18-51)46-39-44-23-31(24-45-39)56-38(41)42/h4-5,7-8,20-21,23-26,30,34,38H,10-19H2,1-3H3,(H,44,45,46)(H,47,53,54). The number of rotatable bonds is 10. The summed E-state index contributed by atoms with van der Waals surface area (Å²) in [6, 6.07) is 13.2. The van der Waals surface area contributed by atoms with Gasteiger partial charge in [0.05, 0.1) is 34.4 Å². The molecule has 17 heteroatoms. The second-order valence-electron chi connectivity index (χ2n) is 14.8. The second kappa shape index (κ2) is 17.3. The van der Waals surface area contributed by atoms with Crippen molar-refractivity contribution >= 4 is 45.6 Å². The highest BCUT2D eigenvalue weighted by Gasteiger charge is 2.30. The Morgan fingerprint density at radius 1 is 0.982 bits per heavy atom.